The summed E-state index contributed by atoms with van der Waals surface area (Å²) >= 11 is 0. The lowest BCUT2D eigenvalue weighted by Crippen LogP contribution is -2.59. The Balaban J connectivity index is 2.21. The molecule has 7 N–H and O–H groups in total. The molecule has 0 saturated carbocycles. The van der Waals surface area contributed by atoms with Crippen molar-refractivity contribution in [2.75, 3.05) is 6.61 Å². The minimum atomic E-state index is -1.48. The van der Waals surface area contributed by atoms with Gasteiger partial charge in [-0.2, -0.15) is 0 Å². The van der Waals surface area contributed by atoms with E-state index in [-0.39, 0.29) is 18.7 Å². The molecule has 1 rings (SSSR count). The molecule has 0 aromatic carbocycles. The number of carbonyl (C=O) groups excluding carboxylic acids is 1. The van der Waals surface area contributed by atoms with Gasteiger partial charge in [-0.1, -0.05) is 251 Å². The smallest absolute Gasteiger partial charge is 0.220 e. The SMILES string of the molecule is CCCCCCCCCCCCCCCCCCCCCCCCCCCCC(=O)N[C@@H](CC[C@H]1OC(CO)[C@H](O)[C@H](O)C1O)[C@H](O)[C@H](O)CCCCCCCCCCCCCC. The average molecular weight is 898 g/mol. The van der Waals surface area contributed by atoms with Crippen LogP contribution < -0.4 is 5.32 Å². The fraction of sp³-hybridized carbons (Fsp3) is 0.981. The molecule has 1 aliphatic rings. The first-order valence-electron chi connectivity index (χ1n) is 27.7. The third kappa shape index (κ3) is 33.3. The van der Waals surface area contributed by atoms with E-state index in [1.165, 1.54) is 205 Å². The first-order valence-corrected chi connectivity index (χ1v) is 27.7. The lowest BCUT2D eigenvalue weighted by atomic mass is 9.90. The molecule has 1 heterocycles. The van der Waals surface area contributed by atoms with Crippen molar-refractivity contribution in [3.63, 3.8) is 0 Å². The van der Waals surface area contributed by atoms with Crippen molar-refractivity contribution in [3.05, 3.63) is 0 Å². The van der Waals surface area contributed by atoms with Crippen molar-refractivity contribution in [2.45, 2.75) is 332 Å². The van der Waals surface area contributed by atoms with Gasteiger partial charge in [0.1, 0.15) is 24.4 Å². The van der Waals surface area contributed by atoms with Gasteiger partial charge < -0.3 is 40.7 Å². The first-order chi connectivity index (χ1) is 30.8. The third-order valence-corrected chi connectivity index (χ3v) is 14.0. The molecule has 2 unspecified atom stereocenters. The maximum atomic E-state index is 13.1. The first kappa shape index (κ1) is 60.2. The summed E-state index contributed by atoms with van der Waals surface area (Å²) in [6.07, 6.45) is 42.0. The number of carbonyl (C=O) groups is 1. The van der Waals surface area contributed by atoms with Gasteiger partial charge in [0.05, 0.1) is 31.0 Å². The van der Waals surface area contributed by atoms with E-state index in [0.717, 1.165) is 38.5 Å². The molecule has 0 aliphatic carbocycles. The van der Waals surface area contributed by atoms with Gasteiger partial charge in [0.2, 0.25) is 5.91 Å². The Bertz CT molecular complexity index is 970. The summed E-state index contributed by atoms with van der Waals surface area (Å²) in [5, 5.41) is 65.9. The van der Waals surface area contributed by atoms with Crippen LogP contribution in [0.4, 0.5) is 0 Å². The number of rotatable bonds is 47. The van der Waals surface area contributed by atoms with Crippen LogP contribution in [0, 0.1) is 0 Å². The zero-order valence-corrected chi connectivity index (χ0v) is 41.5. The van der Waals surface area contributed by atoms with Gasteiger partial charge in [-0.15, -0.1) is 0 Å². The van der Waals surface area contributed by atoms with Crippen molar-refractivity contribution in [1.82, 2.24) is 5.32 Å². The second-order valence-corrected chi connectivity index (χ2v) is 19.9. The number of aliphatic hydroxyl groups is 6. The molecule has 0 spiro atoms. The summed E-state index contributed by atoms with van der Waals surface area (Å²) < 4.78 is 5.69. The molecule has 0 radical (unpaired) electrons. The molecule has 0 aromatic rings. The van der Waals surface area contributed by atoms with Crippen molar-refractivity contribution in [3.8, 4) is 0 Å². The average Bonchev–Trinajstić information content (AvgIpc) is 3.28. The third-order valence-electron chi connectivity index (χ3n) is 14.0. The highest BCUT2D eigenvalue weighted by Gasteiger charge is 2.43. The van der Waals surface area contributed by atoms with Crippen LogP contribution >= 0.6 is 0 Å². The maximum absolute atomic E-state index is 13.1. The number of ether oxygens (including phenoxy) is 1. The summed E-state index contributed by atoms with van der Waals surface area (Å²) in [5.41, 5.74) is 0. The summed E-state index contributed by atoms with van der Waals surface area (Å²) in [5.74, 6) is -0.172. The fourth-order valence-electron chi connectivity index (χ4n) is 9.60. The van der Waals surface area contributed by atoms with E-state index >= 15 is 0 Å². The molecule has 63 heavy (non-hydrogen) atoms. The maximum Gasteiger partial charge on any atom is 0.220 e. The van der Waals surface area contributed by atoms with Crippen LogP contribution in [0.5, 0.6) is 0 Å². The Morgan fingerprint density at radius 1 is 0.444 bits per heavy atom. The molecule has 1 amide bonds. The minimum Gasteiger partial charge on any atom is -0.394 e. The summed E-state index contributed by atoms with van der Waals surface area (Å²) in [4.78, 5) is 13.1. The molecular formula is C54H107NO8. The second kappa shape index (κ2) is 43.7. The predicted octanol–water partition coefficient (Wildman–Crippen LogP) is 12.5. The Morgan fingerprint density at radius 2 is 0.762 bits per heavy atom. The van der Waals surface area contributed by atoms with E-state index in [2.05, 4.69) is 19.2 Å². The lowest BCUT2D eigenvalue weighted by molar-refractivity contribution is -0.231. The summed E-state index contributed by atoms with van der Waals surface area (Å²) in [7, 11) is 0. The summed E-state index contributed by atoms with van der Waals surface area (Å²) in [6.45, 7) is 4.02. The molecule has 1 fully saturated rings. The Hall–Kier alpha value is -0.810. The largest absolute Gasteiger partial charge is 0.394 e. The zero-order chi connectivity index (χ0) is 46.0. The predicted molar refractivity (Wildman–Crippen MR) is 263 cm³/mol. The second-order valence-electron chi connectivity index (χ2n) is 19.9. The van der Waals surface area contributed by atoms with Gasteiger partial charge in [0.25, 0.3) is 0 Å². The quantitative estimate of drug-likeness (QED) is 0.0297. The molecule has 8 atom stereocenters. The van der Waals surface area contributed by atoms with E-state index in [9.17, 15) is 35.4 Å². The molecule has 0 bridgehead atoms. The minimum absolute atomic E-state index is 0.161. The number of nitrogens with one attached hydrogen (secondary N) is 1. The van der Waals surface area contributed by atoms with Crippen molar-refractivity contribution >= 4 is 5.91 Å². The van der Waals surface area contributed by atoms with E-state index in [4.69, 9.17) is 4.74 Å². The van der Waals surface area contributed by atoms with E-state index < -0.39 is 55.4 Å². The van der Waals surface area contributed by atoms with Crippen LogP contribution in [0.1, 0.15) is 284 Å². The highest BCUT2D eigenvalue weighted by molar-refractivity contribution is 5.76. The van der Waals surface area contributed by atoms with Crippen LogP contribution in [0.15, 0.2) is 0 Å². The van der Waals surface area contributed by atoms with E-state index in [1.807, 2.05) is 0 Å². The van der Waals surface area contributed by atoms with Gasteiger partial charge >= 0.3 is 0 Å². The van der Waals surface area contributed by atoms with Gasteiger partial charge in [0, 0.05) is 6.42 Å². The molecule has 9 nitrogen and oxygen atoms in total. The van der Waals surface area contributed by atoms with Crippen molar-refractivity contribution < 1.29 is 40.2 Å². The monoisotopic (exact) mass is 898 g/mol. The van der Waals surface area contributed by atoms with Gasteiger partial charge in [-0.25, -0.2) is 0 Å². The Labute approximate surface area is 389 Å². The lowest BCUT2D eigenvalue weighted by Gasteiger charge is -2.40. The van der Waals surface area contributed by atoms with Gasteiger partial charge in [-0.05, 0) is 25.7 Å². The normalized spacial score (nSPS) is 20.5. The van der Waals surface area contributed by atoms with Gasteiger partial charge in [0.15, 0.2) is 0 Å². The molecule has 0 aromatic heterocycles. The fourth-order valence-corrected chi connectivity index (χ4v) is 9.60. The highest BCUT2D eigenvalue weighted by atomic mass is 16.5. The van der Waals surface area contributed by atoms with E-state index in [0.29, 0.717) is 12.8 Å². The number of amides is 1. The molecule has 1 aliphatic heterocycles. The number of unbranched alkanes of at least 4 members (excludes halogenated alkanes) is 36. The zero-order valence-electron chi connectivity index (χ0n) is 41.5. The van der Waals surface area contributed by atoms with Crippen LogP contribution in [0.3, 0.4) is 0 Å². The van der Waals surface area contributed by atoms with Crippen molar-refractivity contribution in [1.29, 1.82) is 0 Å². The van der Waals surface area contributed by atoms with Crippen LogP contribution in [-0.2, 0) is 9.53 Å². The molecule has 376 valence electrons. The van der Waals surface area contributed by atoms with Crippen LogP contribution in [0.25, 0.3) is 0 Å². The standard InChI is InChI=1S/C54H107NO8/c1-3-5-7-9-11-13-15-17-18-19-20-21-22-23-24-25-26-27-28-29-30-32-34-36-38-40-42-50(58)55-46(43-44-48-52(60)54(62)53(61)49(45-56)63-48)51(59)47(57)41-39-37-35-33-31-16-14-12-10-8-6-4-2/h46-49,51-54,56-57,59-62H,3-45H2,1-2H3,(H,55,58)/t46-,47+,48+,49?,51-,52?,53-,54+/m0/s1. The Kier molecular flexibility index (Phi) is 41.8. The topological polar surface area (TPSA) is 160 Å². The molecular weight excluding hydrogens is 791 g/mol. The Morgan fingerprint density at radius 3 is 1.11 bits per heavy atom. The van der Waals surface area contributed by atoms with Crippen LogP contribution in [-0.4, -0.2) is 91.9 Å². The van der Waals surface area contributed by atoms with Gasteiger partial charge in [-0.3, -0.25) is 4.79 Å². The highest BCUT2D eigenvalue weighted by Crippen LogP contribution is 2.26. The van der Waals surface area contributed by atoms with Crippen LogP contribution in [0.2, 0.25) is 0 Å². The number of hydrogen-bond donors (Lipinski definition) is 7. The molecule has 1 saturated heterocycles. The number of hydrogen-bond acceptors (Lipinski definition) is 8. The number of aliphatic hydroxyl groups excluding tert-OH is 6. The molecule has 9 heteroatoms. The van der Waals surface area contributed by atoms with E-state index in [1.54, 1.807) is 0 Å². The van der Waals surface area contributed by atoms with Crippen molar-refractivity contribution in [2.24, 2.45) is 0 Å². The summed E-state index contributed by atoms with van der Waals surface area (Å²) in [6, 6.07) is -0.763.